The number of methoxy groups -OCH3 is 1. The van der Waals surface area contributed by atoms with E-state index in [1.807, 2.05) is 57.2 Å². The third-order valence-corrected chi connectivity index (χ3v) is 7.96. The summed E-state index contributed by atoms with van der Waals surface area (Å²) < 4.78 is 5.00. The van der Waals surface area contributed by atoms with Crippen LogP contribution in [-0.4, -0.2) is 12.2 Å². The van der Waals surface area contributed by atoms with Gasteiger partial charge in [-0.3, -0.25) is 0 Å². The molecule has 0 aromatic heterocycles. The first-order valence-corrected chi connectivity index (χ1v) is 18.9. The second-order valence-corrected chi connectivity index (χ2v) is 14.8. The van der Waals surface area contributed by atoms with Gasteiger partial charge < -0.3 is 9.84 Å². The molecule has 0 atom stereocenters. The van der Waals surface area contributed by atoms with Crippen LogP contribution in [-0.2, 0) is 6.61 Å². The normalized spacial score (nSPS) is 9.56. The molecule has 6 rings (SSSR count). The number of aryl methyl sites for hydroxylation is 14. The first kappa shape index (κ1) is 47.1. The quantitative estimate of drug-likeness (QED) is 0.193. The first-order chi connectivity index (χ1) is 25.4. The zero-order valence-corrected chi connectivity index (χ0v) is 36.1. The Morgan fingerprint density at radius 1 is 0.315 bits per heavy atom. The molecule has 0 fully saturated rings. The molecule has 0 radical (unpaired) electrons. The van der Waals surface area contributed by atoms with Crippen molar-refractivity contribution in [1.29, 1.82) is 0 Å². The van der Waals surface area contributed by atoms with Crippen molar-refractivity contribution in [3.63, 3.8) is 0 Å². The van der Waals surface area contributed by atoms with Crippen LogP contribution in [0.1, 0.15) is 83.5 Å². The lowest BCUT2D eigenvalue weighted by molar-refractivity contribution is 0.281. The molecule has 0 saturated carbocycles. The summed E-state index contributed by atoms with van der Waals surface area (Å²) in [6, 6.07) is 42.2. The molecule has 0 saturated heterocycles. The highest BCUT2D eigenvalue weighted by atomic mass is 16.5. The summed E-state index contributed by atoms with van der Waals surface area (Å²) in [5.41, 5.74) is 19.5. The van der Waals surface area contributed by atoms with Crippen LogP contribution >= 0.6 is 0 Å². The fraction of sp³-hybridized carbons (Fsp3) is 0.308. The van der Waals surface area contributed by atoms with Crippen LogP contribution in [0.5, 0.6) is 5.75 Å². The SMILES string of the molecule is COc1cccc(C)c1.Cc1cc(C)cc(C)c1.Cc1cc(C)cc(C)c1.Cc1cc(C)cc(C)c1.Cc1cc(C)cc(CO)c1.Cc1cccc(C)c1. The van der Waals surface area contributed by atoms with Crippen molar-refractivity contribution in [2.24, 2.45) is 0 Å². The van der Waals surface area contributed by atoms with E-state index in [4.69, 9.17) is 9.84 Å². The van der Waals surface area contributed by atoms with Crippen LogP contribution in [0.4, 0.5) is 0 Å². The molecule has 0 bridgehead atoms. The highest BCUT2D eigenvalue weighted by Gasteiger charge is 1.93. The molecule has 2 nitrogen and oxygen atoms in total. The maximum absolute atomic E-state index is 8.79. The van der Waals surface area contributed by atoms with Crippen LogP contribution in [0.3, 0.4) is 0 Å². The molecule has 0 aliphatic carbocycles. The lowest BCUT2D eigenvalue weighted by Gasteiger charge is -1.99. The van der Waals surface area contributed by atoms with Gasteiger partial charge in [-0.25, -0.2) is 0 Å². The third-order valence-electron chi connectivity index (χ3n) is 7.96. The molecule has 2 heteroatoms. The zero-order chi connectivity index (χ0) is 40.8. The summed E-state index contributed by atoms with van der Waals surface area (Å²) in [6.07, 6.45) is 0. The van der Waals surface area contributed by atoms with E-state index in [2.05, 4.69) is 161 Å². The van der Waals surface area contributed by atoms with E-state index in [-0.39, 0.29) is 6.61 Å². The number of benzene rings is 6. The van der Waals surface area contributed by atoms with Gasteiger partial charge in [0.25, 0.3) is 0 Å². The standard InChI is InChI=1S/C9H12O.3C9H12.C8H10O.C8H10/c1-7-3-8(2)5-9(4-7)6-10;3*1-7-4-8(2)6-9(3)5-7;1-7-4-3-5-8(6-7)9-2;1-7-4-3-5-8(2)6-7/h3-5,10H,6H2,1-2H3;3*4-6H,1-3H3;3-6H,1-2H3;3-6H,1-2H3. The summed E-state index contributed by atoms with van der Waals surface area (Å²) >= 11 is 0. The van der Waals surface area contributed by atoms with E-state index < -0.39 is 0 Å². The second kappa shape index (κ2) is 25.2. The van der Waals surface area contributed by atoms with Gasteiger partial charge in [0.1, 0.15) is 5.75 Å². The highest BCUT2D eigenvalue weighted by molar-refractivity contribution is 5.30. The van der Waals surface area contributed by atoms with E-state index >= 15 is 0 Å². The Hall–Kier alpha value is -4.92. The molecule has 6 aromatic rings. The molecule has 0 aliphatic rings. The summed E-state index contributed by atoms with van der Waals surface area (Å²) in [7, 11) is 1.68. The average molecular weight is 725 g/mol. The molecule has 6 aromatic carbocycles. The molecule has 0 unspecified atom stereocenters. The smallest absolute Gasteiger partial charge is 0.119 e. The van der Waals surface area contributed by atoms with Gasteiger partial charge in [-0.2, -0.15) is 0 Å². The van der Waals surface area contributed by atoms with Gasteiger partial charge in [-0.05, 0) is 120 Å². The van der Waals surface area contributed by atoms with Gasteiger partial charge in [-0.1, -0.05) is 182 Å². The van der Waals surface area contributed by atoms with Crippen LogP contribution in [0.25, 0.3) is 0 Å². The first-order valence-electron chi connectivity index (χ1n) is 18.9. The van der Waals surface area contributed by atoms with Gasteiger partial charge in [0, 0.05) is 0 Å². The molecule has 54 heavy (non-hydrogen) atoms. The maximum Gasteiger partial charge on any atom is 0.119 e. The predicted molar refractivity (Wildman–Crippen MR) is 237 cm³/mol. The van der Waals surface area contributed by atoms with Crippen molar-refractivity contribution in [2.45, 2.75) is 104 Å². The monoisotopic (exact) mass is 725 g/mol. The molecule has 0 aliphatic heterocycles. The van der Waals surface area contributed by atoms with Gasteiger partial charge in [0.2, 0.25) is 0 Å². The zero-order valence-electron chi connectivity index (χ0n) is 36.1. The maximum atomic E-state index is 8.79. The fourth-order valence-corrected chi connectivity index (χ4v) is 6.32. The Balaban J connectivity index is 0.000000324. The molecule has 288 valence electrons. The van der Waals surface area contributed by atoms with E-state index in [0.29, 0.717) is 0 Å². The second-order valence-electron chi connectivity index (χ2n) is 14.8. The summed E-state index contributed by atoms with van der Waals surface area (Å²) in [4.78, 5) is 0. The van der Waals surface area contributed by atoms with Crippen molar-refractivity contribution in [2.75, 3.05) is 7.11 Å². The van der Waals surface area contributed by atoms with E-state index in [1.165, 1.54) is 77.9 Å². The van der Waals surface area contributed by atoms with Crippen LogP contribution in [0, 0.1) is 96.9 Å². The Bertz CT molecular complexity index is 1680. The number of aliphatic hydroxyl groups is 1. The van der Waals surface area contributed by atoms with Crippen LogP contribution < -0.4 is 4.74 Å². The Kier molecular flexibility index (Phi) is 21.9. The summed E-state index contributed by atoms with van der Waals surface area (Å²) in [5.74, 6) is 0.926. The molecule has 0 spiro atoms. The van der Waals surface area contributed by atoms with Gasteiger partial charge in [-0.15, -0.1) is 0 Å². The number of hydrogen-bond donors (Lipinski definition) is 1. The van der Waals surface area contributed by atoms with Crippen LogP contribution in [0.2, 0.25) is 0 Å². The Morgan fingerprint density at radius 3 is 0.722 bits per heavy atom. The number of rotatable bonds is 2. The third kappa shape index (κ3) is 22.2. The van der Waals surface area contributed by atoms with Crippen molar-refractivity contribution in [1.82, 2.24) is 0 Å². The number of aliphatic hydroxyl groups excluding tert-OH is 1. The molecular weight excluding hydrogens is 657 g/mol. The summed E-state index contributed by atoms with van der Waals surface area (Å²) in [5, 5.41) is 8.79. The number of hydrogen-bond acceptors (Lipinski definition) is 2. The minimum atomic E-state index is 0.141. The van der Waals surface area contributed by atoms with E-state index in [0.717, 1.165) is 11.3 Å². The van der Waals surface area contributed by atoms with Crippen molar-refractivity contribution in [3.8, 4) is 5.75 Å². The fourth-order valence-electron chi connectivity index (χ4n) is 6.32. The minimum absolute atomic E-state index is 0.141. The molecular formula is C52H68O2. The molecule has 0 heterocycles. The average Bonchev–Trinajstić information content (AvgIpc) is 3.04. The van der Waals surface area contributed by atoms with Gasteiger partial charge in [0.15, 0.2) is 0 Å². The molecule has 0 amide bonds. The van der Waals surface area contributed by atoms with Crippen molar-refractivity contribution < 1.29 is 9.84 Å². The largest absolute Gasteiger partial charge is 0.497 e. The van der Waals surface area contributed by atoms with E-state index in [9.17, 15) is 0 Å². The Morgan fingerprint density at radius 2 is 0.537 bits per heavy atom. The van der Waals surface area contributed by atoms with Crippen molar-refractivity contribution >= 4 is 0 Å². The van der Waals surface area contributed by atoms with Gasteiger partial charge >= 0.3 is 0 Å². The van der Waals surface area contributed by atoms with Gasteiger partial charge in [0.05, 0.1) is 13.7 Å². The van der Waals surface area contributed by atoms with E-state index in [1.54, 1.807) is 7.11 Å². The lowest BCUT2D eigenvalue weighted by atomic mass is 10.1. The predicted octanol–water partition coefficient (Wildman–Crippen LogP) is 13.9. The Labute approximate surface area is 329 Å². The topological polar surface area (TPSA) is 29.5 Å². The number of ether oxygens (including phenoxy) is 1. The van der Waals surface area contributed by atoms with Crippen LogP contribution in [0.15, 0.2) is 121 Å². The highest BCUT2D eigenvalue weighted by Crippen LogP contribution is 2.11. The lowest BCUT2D eigenvalue weighted by Crippen LogP contribution is -1.85. The van der Waals surface area contributed by atoms with Crippen molar-refractivity contribution in [3.05, 3.63) is 205 Å². The molecule has 1 N–H and O–H groups in total. The minimum Gasteiger partial charge on any atom is -0.497 e. The summed E-state index contributed by atoms with van der Waals surface area (Å²) in [6.45, 7) is 29.6.